The van der Waals surface area contributed by atoms with E-state index in [4.69, 9.17) is 14.2 Å². The van der Waals surface area contributed by atoms with E-state index in [2.05, 4.69) is 5.32 Å². The van der Waals surface area contributed by atoms with Crippen LogP contribution in [0, 0.1) is 6.92 Å². The Morgan fingerprint density at radius 1 is 0.935 bits per heavy atom. The first-order valence-electron chi connectivity index (χ1n) is 10.2. The highest BCUT2D eigenvalue weighted by Gasteiger charge is 2.13. The molecule has 0 aliphatic heterocycles. The molecule has 0 saturated heterocycles. The Labute approximate surface area is 182 Å². The van der Waals surface area contributed by atoms with Crippen LogP contribution >= 0.6 is 0 Å². The lowest BCUT2D eigenvalue weighted by molar-refractivity contribution is -0.149. The van der Waals surface area contributed by atoms with Gasteiger partial charge in [-0.15, -0.1) is 0 Å². The van der Waals surface area contributed by atoms with E-state index >= 15 is 0 Å². The fourth-order valence-electron chi connectivity index (χ4n) is 2.74. The molecule has 166 valence electrons. The standard InChI is InChI=1S/C24H29NO6/c1-15(2)20-11-6-17(5)12-21(20)29-14-23(27)30-13-22(26)25-19-9-7-18(8-10-19)24(28)31-16(3)4/h6-12,15-16H,13-14H2,1-5H3,(H,25,26). The number of ether oxygens (including phenoxy) is 3. The van der Waals surface area contributed by atoms with Crippen molar-refractivity contribution in [2.24, 2.45) is 0 Å². The van der Waals surface area contributed by atoms with Crippen molar-refractivity contribution in [2.45, 2.75) is 46.6 Å². The third-order valence-corrected chi connectivity index (χ3v) is 4.25. The second-order valence-corrected chi connectivity index (χ2v) is 7.72. The van der Waals surface area contributed by atoms with Gasteiger partial charge in [-0.05, 0) is 68.1 Å². The first-order chi connectivity index (χ1) is 14.7. The molecule has 0 heterocycles. The Bertz CT molecular complexity index is 918. The number of esters is 2. The van der Waals surface area contributed by atoms with Crippen LogP contribution in [0.4, 0.5) is 5.69 Å². The smallest absolute Gasteiger partial charge is 0.344 e. The molecule has 0 saturated carbocycles. The van der Waals surface area contributed by atoms with Gasteiger partial charge in [-0.2, -0.15) is 0 Å². The number of hydrogen-bond acceptors (Lipinski definition) is 6. The summed E-state index contributed by atoms with van der Waals surface area (Å²) in [5.41, 5.74) is 2.87. The highest BCUT2D eigenvalue weighted by Crippen LogP contribution is 2.27. The quantitative estimate of drug-likeness (QED) is 0.602. The van der Waals surface area contributed by atoms with Crippen LogP contribution in [0.5, 0.6) is 5.75 Å². The maximum absolute atomic E-state index is 12.0. The molecule has 0 bridgehead atoms. The van der Waals surface area contributed by atoms with Crippen LogP contribution in [-0.2, 0) is 19.1 Å². The van der Waals surface area contributed by atoms with Crippen LogP contribution < -0.4 is 10.1 Å². The zero-order valence-electron chi connectivity index (χ0n) is 18.6. The molecular formula is C24H29NO6. The van der Waals surface area contributed by atoms with E-state index in [9.17, 15) is 14.4 Å². The number of benzene rings is 2. The highest BCUT2D eigenvalue weighted by atomic mass is 16.6. The van der Waals surface area contributed by atoms with Gasteiger partial charge in [0.15, 0.2) is 13.2 Å². The predicted molar refractivity (Wildman–Crippen MR) is 117 cm³/mol. The molecule has 2 rings (SSSR count). The molecule has 1 amide bonds. The van der Waals surface area contributed by atoms with Gasteiger partial charge in [-0.25, -0.2) is 9.59 Å². The molecule has 0 radical (unpaired) electrons. The zero-order chi connectivity index (χ0) is 23.0. The van der Waals surface area contributed by atoms with Gasteiger partial charge in [-0.1, -0.05) is 26.0 Å². The van der Waals surface area contributed by atoms with Gasteiger partial charge in [0.2, 0.25) is 0 Å². The maximum Gasteiger partial charge on any atom is 0.344 e. The average Bonchev–Trinajstić information content (AvgIpc) is 2.70. The molecule has 0 unspecified atom stereocenters. The van der Waals surface area contributed by atoms with Crippen LogP contribution in [0.25, 0.3) is 0 Å². The molecule has 0 spiro atoms. The minimum absolute atomic E-state index is 0.214. The van der Waals surface area contributed by atoms with Gasteiger partial charge in [0, 0.05) is 5.69 Å². The van der Waals surface area contributed by atoms with E-state index < -0.39 is 24.5 Å². The molecular weight excluding hydrogens is 398 g/mol. The topological polar surface area (TPSA) is 90.9 Å². The predicted octanol–water partition coefficient (Wildman–Crippen LogP) is 4.24. The Morgan fingerprint density at radius 3 is 2.23 bits per heavy atom. The van der Waals surface area contributed by atoms with Crippen molar-refractivity contribution in [2.75, 3.05) is 18.5 Å². The maximum atomic E-state index is 12.0. The number of anilines is 1. The molecule has 7 heteroatoms. The first kappa shape index (κ1) is 23.9. The number of rotatable bonds is 9. The third kappa shape index (κ3) is 7.77. The molecule has 0 fully saturated rings. The molecule has 0 aliphatic rings. The van der Waals surface area contributed by atoms with E-state index in [1.807, 2.05) is 39.0 Å². The van der Waals surface area contributed by atoms with E-state index in [-0.39, 0.29) is 18.6 Å². The lowest BCUT2D eigenvalue weighted by Crippen LogP contribution is -2.24. The van der Waals surface area contributed by atoms with E-state index in [0.29, 0.717) is 17.0 Å². The van der Waals surface area contributed by atoms with Gasteiger partial charge in [0.25, 0.3) is 5.91 Å². The van der Waals surface area contributed by atoms with Gasteiger partial charge in [0.05, 0.1) is 11.7 Å². The molecule has 7 nitrogen and oxygen atoms in total. The molecule has 31 heavy (non-hydrogen) atoms. The van der Waals surface area contributed by atoms with Crippen molar-refractivity contribution in [1.82, 2.24) is 0 Å². The molecule has 2 aromatic carbocycles. The minimum Gasteiger partial charge on any atom is -0.482 e. The Morgan fingerprint density at radius 2 is 1.61 bits per heavy atom. The third-order valence-electron chi connectivity index (χ3n) is 4.25. The lowest BCUT2D eigenvalue weighted by Gasteiger charge is -2.14. The second-order valence-electron chi connectivity index (χ2n) is 7.72. The summed E-state index contributed by atoms with van der Waals surface area (Å²) in [4.78, 5) is 35.8. The van der Waals surface area contributed by atoms with Crippen molar-refractivity contribution in [3.05, 3.63) is 59.2 Å². The number of carbonyl (C=O) groups excluding carboxylic acids is 3. The van der Waals surface area contributed by atoms with Crippen LogP contribution in [0.3, 0.4) is 0 Å². The summed E-state index contributed by atoms with van der Waals surface area (Å²) in [5, 5.41) is 2.60. The lowest BCUT2D eigenvalue weighted by atomic mass is 10.0. The van der Waals surface area contributed by atoms with E-state index in [1.165, 1.54) is 0 Å². The fourth-order valence-corrected chi connectivity index (χ4v) is 2.74. The van der Waals surface area contributed by atoms with Crippen molar-refractivity contribution < 1.29 is 28.6 Å². The van der Waals surface area contributed by atoms with Gasteiger partial charge in [-0.3, -0.25) is 4.79 Å². The molecule has 0 aliphatic carbocycles. The summed E-state index contributed by atoms with van der Waals surface area (Å²) in [6.07, 6.45) is -0.214. The summed E-state index contributed by atoms with van der Waals surface area (Å²) in [7, 11) is 0. The van der Waals surface area contributed by atoms with Crippen molar-refractivity contribution in [3.8, 4) is 5.75 Å². The summed E-state index contributed by atoms with van der Waals surface area (Å²) in [6, 6.07) is 12.1. The monoisotopic (exact) mass is 427 g/mol. The van der Waals surface area contributed by atoms with Crippen LogP contribution in [0.2, 0.25) is 0 Å². The Balaban J connectivity index is 1.80. The van der Waals surface area contributed by atoms with Crippen molar-refractivity contribution in [3.63, 3.8) is 0 Å². The highest BCUT2D eigenvalue weighted by molar-refractivity contribution is 5.94. The number of amides is 1. The fraction of sp³-hybridized carbons (Fsp3) is 0.375. The minimum atomic E-state index is -0.641. The van der Waals surface area contributed by atoms with Crippen LogP contribution in [0.1, 0.15) is 55.1 Å². The molecule has 2 aromatic rings. The SMILES string of the molecule is Cc1ccc(C(C)C)c(OCC(=O)OCC(=O)Nc2ccc(C(=O)OC(C)C)cc2)c1. The Kier molecular flexibility index (Phi) is 8.61. The number of carbonyl (C=O) groups is 3. The Hall–Kier alpha value is -3.35. The number of hydrogen-bond donors (Lipinski definition) is 1. The molecule has 1 N–H and O–H groups in total. The molecule has 0 aromatic heterocycles. The second kappa shape index (κ2) is 11.2. The number of nitrogens with one attached hydrogen (secondary N) is 1. The van der Waals surface area contributed by atoms with Gasteiger partial charge < -0.3 is 19.5 Å². The first-order valence-corrected chi connectivity index (χ1v) is 10.2. The van der Waals surface area contributed by atoms with E-state index in [0.717, 1.165) is 11.1 Å². The van der Waals surface area contributed by atoms with Crippen molar-refractivity contribution in [1.29, 1.82) is 0 Å². The summed E-state index contributed by atoms with van der Waals surface area (Å²) >= 11 is 0. The summed E-state index contributed by atoms with van der Waals surface area (Å²) in [6.45, 7) is 8.83. The van der Waals surface area contributed by atoms with Gasteiger partial charge >= 0.3 is 11.9 Å². The van der Waals surface area contributed by atoms with Gasteiger partial charge in [0.1, 0.15) is 5.75 Å². The van der Waals surface area contributed by atoms with E-state index in [1.54, 1.807) is 38.1 Å². The summed E-state index contributed by atoms with van der Waals surface area (Å²) < 4.78 is 15.7. The molecule has 0 atom stereocenters. The van der Waals surface area contributed by atoms with Crippen LogP contribution in [0.15, 0.2) is 42.5 Å². The zero-order valence-corrected chi connectivity index (χ0v) is 18.6. The normalized spacial score (nSPS) is 10.7. The number of aryl methyl sites for hydroxylation is 1. The average molecular weight is 427 g/mol. The van der Waals surface area contributed by atoms with Crippen molar-refractivity contribution >= 4 is 23.5 Å². The van der Waals surface area contributed by atoms with Crippen LogP contribution in [-0.4, -0.2) is 37.2 Å². The largest absolute Gasteiger partial charge is 0.482 e. The summed E-state index contributed by atoms with van der Waals surface area (Å²) in [5.74, 6) is -0.693.